The van der Waals surface area contributed by atoms with Gasteiger partial charge in [-0.2, -0.15) is 0 Å². The Labute approximate surface area is 119 Å². The van der Waals surface area contributed by atoms with Crippen molar-refractivity contribution in [2.75, 3.05) is 6.54 Å². The minimum atomic E-state index is -0.0806. The summed E-state index contributed by atoms with van der Waals surface area (Å²) in [6, 6.07) is 9.89. The fraction of sp³-hybridized carbons (Fsp3) is 0.375. The monoisotopic (exact) mass is 272 g/mol. The van der Waals surface area contributed by atoms with E-state index in [1.165, 1.54) is 0 Å². The molecular formula is C16H20N2O2. The van der Waals surface area contributed by atoms with Crippen LogP contribution in [0.15, 0.2) is 42.5 Å². The van der Waals surface area contributed by atoms with Crippen molar-refractivity contribution in [1.29, 1.82) is 0 Å². The van der Waals surface area contributed by atoms with Crippen LogP contribution in [0, 0.1) is 0 Å². The maximum Gasteiger partial charge on any atom is 0.221 e. The summed E-state index contributed by atoms with van der Waals surface area (Å²) in [7, 11) is 0. The number of hydrogen-bond acceptors (Lipinski definition) is 2. The lowest BCUT2D eigenvalue weighted by atomic mass is 10.0. The predicted octanol–water partition coefficient (Wildman–Crippen LogP) is 2.09. The molecule has 0 unspecified atom stereocenters. The highest BCUT2D eigenvalue weighted by Crippen LogP contribution is 2.17. The van der Waals surface area contributed by atoms with Gasteiger partial charge in [-0.25, -0.2) is 0 Å². The Hall–Kier alpha value is -2.10. The summed E-state index contributed by atoms with van der Waals surface area (Å²) in [6.45, 7) is 0.632. The van der Waals surface area contributed by atoms with Gasteiger partial charge in [0.15, 0.2) is 0 Å². The molecule has 0 saturated carbocycles. The zero-order valence-corrected chi connectivity index (χ0v) is 11.5. The van der Waals surface area contributed by atoms with Gasteiger partial charge >= 0.3 is 0 Å². The van der Waals surface area contributed by atoms with Crippen LogP contribution in [0.3, 0.4) is 0 Å². The number of hydrogen-bond donors (Lipinski definition) is 2. The summed E-state index contributed by atoms with van der Waals surface area (Å²) >= 11 is 0. The number of benzene rings is 1. The van der Waals surface area contributed by atoms with Crippen molar-refractivity contribution < 1.29 is 9.59 Å². The van der Waals surface area contributed by atoms with Crippen molar-refractivity contribution in [2.45, 2.75) is 31.7 Å². The van der Waals surface area contributed by atoms with E-state index in [9.17, 15) is 9.59 Å². The normalized spacial score (nSPS) is 22.9. The smallest absolute Gasteiger partial charge is 0.221 e. The number of rotatable bonds is 1. The Morgan fingerprint density at radius 1 is 0.950 bits per heavy atom. The Morgan fingerprint density at radius 2 is 1.70 bits per heavy atom. The zero-order chi connectivity index (χ0) is 14.2. The molecule has 106 valence electrons. The maximum atomic E-state index is 11.9. The van der Waals surface area contributed by atoms with Crippen LogP contribution >= 0.6 is 0 Å². The van der Waals surface area contributed by atoms with Gasteiger partial charge in [-0.05, 0) is 18.4 Å². The largest absolute Gasteiger partial charge is 0.356 e. The first-order valence-electron chi connectivity index (χ1n) is 7.02. The van der Waals surface area contributed by atoms with Crippen LogP contribution in [-0.4, -0.2) is 18.4 Å². The van der Waals surface area contributed by atoms with Gasteiger partial charge in [0.05, 0.1) is 6.04 Å². The minimum Gasteiger partial charge on any atom is -0.356 e. The number of carbonyl (C=O) groups is 2. The molecule has 1 aromatic rings. The first kappa shape index (κ1) is 14.3. The van der Waals surface area contributed by atoms with Crippen LogP contribution in [0.5, 0.6) is 0 Å². The van der Waals surface area contributed by atoms with Crippen LogP contribution in [0.1, 0.15) is 37.3 Å². The second-order valence-corrected chi connectivity index (χ2v) is 4.88. The third-order valence-corrected chi connectivity index (χ3v) is 3.29. The average molecular weight is 272 g/mol. The van der Waals surface area contributed by atoms with Crippen LogP contribution < -0.4 is 10.6 Å². The molecule has 4 nitrogen and oxygen atoms in total. The molecule has 0 aromatic heterocycles. The van der Waals surface area contributed by atoms with Gasteiger partial charge in [0.1, 0.15) is 0 Å². The third-order valence-electron chi connectivity index (χ3n) is 3.29. The SMILES string of the molecule is O=C1CCC(=O)N[C@H](c2ccccc2)C/C=C\CCN1. The van der Waals surface area contributed by atoms with E-state index in [4.69, 9.17) is 0 Å². The van der Waals surface area contributed by atoms with E-state index in [1.807, 2.05) is 36.4 Å². The summed E-state index contributed by atoms with van der Waals surface area (Å²) in [5.74, 6) is -0.145. The average Bonchev–Trinajstić information content (AvgIpc) is 2.47. The topological polar surface area (TPSA) is 58.2 Å². The number of amides is 2. The molecule has 0 fully saturated rings. The molecule has 1 aliphatic rings. The summed E-state index contributed by atoms with van der Waals surface area (Å²) in [6.07, 6.45) is 6.18. The molecule has 4 heteroatoms. The molecule has 0 saturated heterocycles. The first-order valence-corrected chi connectivity index (χ1v) is 7.02. The summed E-state index contributed by atoms with van der Waals surface area (Å²) in [4.78, 5) is 23.4. The second-order valence-electron chi connectivity index (χ2n) is 4.88. The second kappa shape index (κ2) is 7.48. The van der Waals surface area contributed by atoms with E-state index in [1.54, 1.807) is 0 Å². The lowest BCUT2D eigenvalue weighted by Gasteiger charge is -2.18. The van der Waals surface area contributed by atoms with Gasteiger partial charge in [-0.3, -0.25) is 9.59 Å². The van der Waals surface area contributed by atoms with Crippen LogP contribution in [0.25, 0.3) is 0 Å². The van der Waals surface area contributed by atoms with Crippen molar-refractivity contribution in [3.05, 3.63) is 48.0 Å². The molecule has 0 spiro atoms. The molecule has 1 heterocycles. The molecule has 2 amide bonds. The van der Waals surface area contributed by atoms with Gasteiger partial charge in [-0.1, -0.05) is 42.5 Å². The van der Waals surface area contributed by atoms with E-state index >= 15 is 0 Å². The highest BCUT2D eigenvalue weighted by molar-refractivity contribution is 5.83. The van der Waals surface area contributed by atoms with Gasteiger partial charge in [0, 0.05) is 19.4 Å². The molecular weight excluding hydrogens is 252 g/mol. The van der Waals surface area contributed by atoms with Gasteiger partial charge in [0.25, 0.3) is 0 Å². The van der Waals surface area contributed by atoms with Crippen molar-refractivity contribution in [3.63, 3.8) is 0 Å². The number of nitrogens with one attached hydrogen (secondary N) is 2. The maximum absolute atomic E-state index is 11.9. The lowest BCUT2D eigenvalue weighted by Crippen LogP contribution is -2.31. The van der Waals surface area contributed by atoms with Crippen molar-refractivity contribution in [2.24, 2.45) is 0 Å². The Balaban J connectivity index is 2.09. The molecule has 1 aromatic carbocycles. The molecule has 2 N–H and O–H groups in total. The lowest BCUT2D eigenvalue weighted by molar-refractivity contribution is -0.126. The third kappa shape index (κ3) is 4.53. The molecule has 2 rings (SSSR count). The highest BCUT2D eigenvalue weighted by Gasteiger charge is 2.14. The van der Waals surface area contributed by atoms with E-state index < -0.39 is 0 Å². The molecule has 20 heavy (non-hydrogen) atoms. The summed E-state index contributed by atoms with van der Waals surface area (Å²) < 4.78 is 0. The Morgan fingerprint density at radius 3 is 2.50 bits per heavy atom. The van der Waals surface area contributed by atoms with Crippen LogP contribution in [0.2, 0.25) is 0 Å². The van der Waals surface area contributed by atoms with Crippen molar-refractivity contribution in [3.8, 4) is 0 Å². The Bertz CT molecular complexity index is 483. The van der Waals surface area contributed by atoms with E-state index in [-0.39, 0.29) is 30.7 Å². The predicted molar refractivity (Wildman–Crippen MR) is 77.9 cm³/mol. The van der Waals surface area contributed by atoms with Gasteiger partial charge < -0.3 is 10.6 Å². The first-order chi connectivity index (χ1) is 9.75. The Kier molecular flexibility index (Phi) is 5.35. The number of carbonyl (C=O) groups excluding carboxylic acids is 2. The van der Waals surface area contributed by atoms with Crippen LogP contribution in [-0.2, 0) is 9.59 Å². The van der Waals surface area contributed by atoms with Crippen molar-refractivity contribution in [1.82, 2.24) is 10.6 Å². The summed E-state index contributed by atoms with van der Waals surface area (Å²) in [5, 5.41) is 5.80. The molecule has 0 radical (unpaired) electrons. The van der Waals surface area contributed by atoms with Crippen molar-refractivity contribution >= 4 is 11.8 Å². The molecule has 0 aliphatic carbocycles. The molecule has 0 bridgehead atoms. The van der Waals surface area contributed by atoms with Crippen LogP contribution in [0.4, 0.5) is 0 Å². The van der Waals surface area contributed by atoms with Gasteiger partial charge in [-0.15, -0.1) is 0 Å². The fourth-order valence-corrected chi connectivity index (χ4v) is 2.19. The fourth-order valence-electron chi connectivity index (χ4n) is 2.19. The van der Waals surface area contributed by atoms with E-state index in [0.717, 1.165) is 18.4 Å². The standard InChI is InChI=1S/C16H20N2O2/c19-15-10-11-16(20)18-14(9-5-2-6-12-17-15)13-7-3-1-4-8-13/h1-5,7-8,14H,6,9-12H2,(H,17,19)(H,18,20)/b5-2-/t14-/m0/s1. The van der Waals surface area contributed by atoms with E-state index in [0.29, 0.717) is 6.54 Å². The molecule has 1 aliphatic heterocycles. The molecule has 1 atom stereocenters. The quantitative estimate of drug-likeness (QED) is 0.769. The van der Waals surface area contributed by atoms with E-state index in [2.05, 4.69) is 16.7 Å². The van der Waals surface area contributed by atoms with Gasteiger partial charge in [0.2, 0.25) is 11.8 Å². The minimum absolute atomic E-state index is 0.0255. The zero-order valence-electron chi connectivity index (χ0n) is 11.5. The highest BCUT2D eigenvalue weighted by atomic mass is 16.2. The summed E-state index contributed by atoms with van der Waals surface area (Å²) in [5.41, 5.74) is 1.09.